The van der Waals surface area contributed by atoms with Gasteiger partial charge in [0, 0.05) is 26.1 Å². The van der Waals surface area contributed by atoms with Crippen LogP contribution in [0.3, 0.4) is 0 Å². The number of hydrogen-bond donors (Lipinski definition) is 0. The first-order valence-corrected chi connectivity index (χ1v) is 8.04. The van der Waals surface area contributed by atoms with Crippen molar-refractivity contribution in [1.82, 2.24) is 20.2 Å². The highest BCUT2D eigenvalue weighted by Crippen LogP contribution is 2.35. The van der Waals surface area contributed by atoms with Crippen LogP contribution < -0.4 is 4.90 Å². The van der Waals surface area contributed by atoms with Crippen LogP contribution in [-0.2, 0) is 11.3 Å². The fourth-order valence-electron chi connectivity index (χ4n) is 3.03. The lowest BCUT2D eigenvalue weighted by molar-refractivity contribution is 0.0856. The fraction of sp³-hybridized carbons (Fsp3) is 0.471. The Morgan fingerprint density at radius 3 is 3.00 bits per heavy atom. The predicted octanol–water partition coefficient (Wildman–Crippen LogP) is 2.46. The van der Waals surface area contributed by atoms with Gasteiger partial charge in [-0.2, -0.15) is 0 Å². The van der Waals surface area contributed by atoms with Crippen LogP contribution in [0.1, 0.15) is 24.5 Å². The third-order valence-corrected chi connectivity index (χ3v) is 4.27. The first-order chi connectivity index (χ1) is 11.3. The molecule has 1 aliphatic rings. The van der Waals surface area contributed by atoms with E-state index in [0.29, 0.717) is 5.92 Å². The smallest absolute Gasteiger partial charge is 0.245 e. The second-order valence-electron chi connectivity index (χ2n) is 5.91. The topological polar surface area (TPSA) is 56.1 Å². The number of ether oxygens (including phenoxy) is 1. The maximum absolute atomic E-state index is 5.96. The van der Waals surface area contributed by atoms with Gasteiger partial charge in [0.2, 0.25) is 5.95 Å². The molecule has 2 atom stereocenters. The van der Waals surface area contributed by atoms with Crippen LogP contribution in [0.5, 0.6) is 0 Å². The summed E-state index contributed by atoms with van der Waals surface area (Å²) < 4.78 is 7.84. The van der Waals surface area contributed by atoms with Gasteiger partial charge >= 0.3 is 0 Å². The van der Waals surface area contributed by atoms with Gasteiger partial charge in [-0.3, -0.25) is 0 Å². The number of nitrogens with zero attached hydrogens (tertiary/aromatic N) is 5. The molecule has 2 aromatic rings. The molecule has 1 aromatic heterocycles. The maximum atomic E-state index is 5.96. The molecule has 1 aromatic carbocycles. The molecule has 6 nitrogen and oxygen atoms in total. The summed E-state index contributed by atoms with van der Waals surface area (Å²) in [5, 5.41) is 12.2. The van der Waals surface area contributed by atoms with E-state index >= 15 is 0 Å². The number of rotatable bonds is 7. The van der Waals surface area contributed by atoms with E-state index in [1.165, 1.54) is 5.56 Å². The molecule has 3 rings (SSSR count). The van der Waals surface area contributed by atoms with E-state index in [-0.39, 0.29) is 6.10 Å². The zero-order chi connectivity index (χ0) is 16.1. The molecule has 0 unspecified atom stereocenters. The maximum Gasteiger partial charge on any atom is 0.245 e. The molecule has 0 N–H and O–H groups in total. The first kappa shape index (κ1) is 15.7. The quantitative estimate of drug-likeness (QED) is 0.735. The zero-order valence-electron chi connectivity index (χ0n) is 13.5. The van der Waals surface area contributed by atoms with Crippen LogP contribution in [0.25, 0.3) is 0 Å². The molecular formula is C17H23N5O. The van der Waals surface area contributed by atoms with Crippen LogP contribution in [0.4, 0.5) is 5.95 Å². The van der Waals surface area contributed by atoms with Crippen molar-refractivity contribution >= 4 is 5.95 Å². The Balaban J connectivity index is 1.72. The Morgan fingerprint density at radius 2 is 2.22 bits per heavy atom. The average Bonchev–Trinajstić information content (AvgIpc) is 3.23. The molecule has 0 amide bonds. The fourth-order valence-corrected chi connectivity index (χ4v) is 3.03. The Labute approximate surface area is 136 Å². The summed E-state index contributed by atoms with van der Waals surface area (Å²) in [4.78, 5) is 2.06. The molecule has 23 heavy (non-hydrogen) atoms. The molecule has 122 valence electrons. The molecule has 0 radical (unpaired) electrons. The molecule has 1 fully saturated rings. The van der Waals surface area contributed by atoms with Gasteiger partial charge in [0.25, 0.3) is 0 Å². The van der Waals surface area contributed by atoms with E-state index in [1.54, 1.807) is 0 Å². The van der Waals surface area contributed by atoms with Crippen molar-refractivity contribution in [3.63, 3.8) is 0 Å². The lowest BCUT2D eigenvalue weighted by atomic mass is 9.95. The molecule has 1 aliphatic heterocycles. The van der Waals surface area contributed by atoms with E-state index in [1.807, 2.05) is 23.9 Å². The Kier molecular flexibility index (Phi) is 5.02. The van der Waals surface area contributed by atoms with Crippen LogP contribution in [0.2, 0.25) is 0 Å². The van der Waals surface area contributed by atoms with Gasteiger partial charge in [0.15, 0.2) is 0 Å². The van der Waals surface area contributed by atoms with Crippen molar-refractivity contribution in [2.75, 3.05) is 25.1 Å². The Hall–Kier alpha value is -2.21. The highest BCUT2D eigenvalue weighted by Gasteiger charge is 2.31. The Bertz CT molecular complexity index is 627. The summed E-state index contributed by atoms with van der Waals surface area (Å²) >= 11 is 0. The molecule has 0 bridgehead atoms. The normalized spacial score (nSPS) is 20.6. The summed E-state index contributed by atoms with van der Waals surface area (Å²) in [7, 11) is 2.01. The summed E-state index contributed by atoms with van der Waals surface area (Å²) in [5.41, 5.74) is 1.23. The SMILES string of the molecule is C=CCCN(C)c1nnnn1C[C@@H]1CCO[C@H]1c1ccccc1. The zero-order valence-corrected chi connectivity index (χ0v) is 13.5. The van der Waals surface area contributed by atoms with E-state index in [4.69, 9.17) is 4.74 Å². The van der Waals surface area contributed by atoms with Gasteiger partial charge in [-0.05, 0) is 28.8 Å². The van der Waals surface area contributed by atoms with Crippen molar-refractivity contribution in [2.45, 2.75) is 25.5 Å². The highest BCUT2D eigenvalue weighted by atomic mass is 16.5. The number of aromatic nitrogens is 4. The monoisotopic (exact) mass is 313 g/mol. The predicted molar refractivity (Wildman–Crippen MR) is 89.1 cm³/mol. The van der Waals surface area contributed by atoms with Gasteiger partial charge < -0.3 is 9.64 Å². The van der Waals surface area contributed by atoms with Gasteiger partial charge in [0.1, 0.15) is 0 Å². The minimum absolute atomic E-state index is 0.117. The minimum atomic E-state index is 0.117. The van der Waals surface area contributed by atoms with Gasteiger partial charge in [-0.25, -0.2) is 4.68 Å². The van der Waals surface area contributed by atoms with Gasteiger partial charge in [0.05, 0.1) is 12.6 Å². The summed E-state index contributed by atoms with van der Waals surface area (Å²) in [6.07, 6.45) is 3.95. The number of anilines is 1. The van der Waals surface area contributed by atoms with Crippen molar-refractivity contribution in [3.8, 4) is 0 Å². The van der Waals surface area contributed by atoms with Crippen molar-refractivity contribution in [2.24, 2.45) is 5.92 Å². The van der Waals surface area contributed by atoms with Crippen LogP contribution in [0.15, 0.2) is 43.0 Å². The number of benzene rings is 1. The molecule has 1 saturated heterocycles. The standard InChI is InChI=1S/C17H23N5O/c1-3-4-11-21(2)17-18-19-20-22(17)13-15-10-12-23-16(15)14-8-6-5-7-9-14/h3,5-9,15-16H,1,4,10-13H2,2H3/t15-,16-/m0/s1. The van der Waals surface area contributed by atoms with E-state index < -0.39 is 0 Å². The van der Waals surface area contributed by atoms with Crippen LogP contribution in [-0.4, -0.2) is 40.4 Å². The summed E-state index contributed by atoms with van der Waals surface area (Å²) in [6.45, 7) is 6.17. The third-order valence-electron chi connectivity index (χ3n) is 4.27. The molecule has 2 heterocycles. The summed E-state index contributed by atoms with van der Waals surface area (Å²) in [5.74, 6) is 1.18. The second kappa shape index (κ2) is 7.37. The Morgan fingerprint density at radius 1 is 1.39 bits per heavy atom. The first-order valence-electron chi connectivity index (χ1n) is 8.04. The van der Waals surface area contributed by atoms with Crippen molar-refractivity contribution in [3.05, 3.63) is 48.6 Å². The molecule has 6 heteroatoms. The average molecular weight is 313 g/mol. The molecular weight excluding hydrogens is 290 g/mol. The van der Waals surface area contributed by atoms with Crippen LogP contribution >= 0.6 is 0 Å². The third kappa shape index (κ3) is 3.59. The lowest BCUT2D eigenvalue weighted by Crippen LogP contribution is -2.25. The minimum Gasteiger partial charge on any atom is -0.373 e. The lowest BCUT2D eigenvalue weighted by Gasteiger charge is -2.21. The van der Waals surface area contributed by atoms with E-state index in [0.717, 1.165) is 38.5 Å². The van der Waals surface area contributed by atoms with Crippen molar-refractivity contribution in [1.29, 1.82) is 0 Å². The highest BCUT2D eigenvalue weighted by molar-refractivity contribution is 5.26. The van der Waals surface area contributed by atoms with Crippen molar-refractivity contribution < 1.29 is 4.74 Å². The number of tetrazole rings is 1. The summed E-state index contributed by atoms with van der Waals surface area (Å²) in [6, 6.07) is 10.4. The molecule has 0 aliphatic carbocycles. The van der Waals surface area contributed by atoms with E-state index in [9.17, 15) is 0 Å². The van der Waals surface area contributed by atoms with E-state index in [2.05, 4.69) is 51.3 Å². The largest absolute Gasteiger partial charge is 0.373 e. The molecule has 0 spiro atoms. The molecule has 0 saturated carbocycles. The van der Waals surface area contributed by atoms with Gasteiger partial charge in [-0.1, -0.05) is 41.5 Å². The van der Waals surface area contributed by atoms with Gasteiger partial charge in [-0.15, -0.1) is 6.58 Å². The van der Waals surface area contributed by atoms with Crippen LogP contribution in [0, 0.1) is 5.92 Å². The number of hydrogen-bond acceptors (Lipinski definition) is 5. The second-order valence-corrected chi connectivity index (χ2v) is 5.91.